The summed E-state index contributed by atoms with van der Waals surface area (Å²) < 4.78 is 19.5. The van der Waals surface area contributed by atoms with Gasteiger partial charge in [-0.15, -0.1) is 0 Å². The predicted octanol–water partition coefficient (Wildman–Crippen LogP) is 4.18. The Hall–Kier alpha value is -3.57. The molecule has 0 radical (unpaired) electrons. The lowest BCUT2D eigenvalue weighted by Gasteiger charge is -2.26. The van der Waals surface area contributed by atoms with Crippen molar-refractivity contribution in [1.29, 1.82) is 0 Å². The second-order valence-corrected chi connectivity index (χ2v) is 11.4. The van der Waals surface area contributed by atoms with Crippen molar-refractivity contribution in [2.75, 3.05) is 6.61 Å². The number of benzene rings is 2. The normalized spacial score (nSPS) is 15.7. The fourth-order valence-electron chi connectivity index (χ4n) is 4.32. The summed E-state index contributed by atoms with van der Waals surface area (Å²) in [6.45, 7) is 3.00. The molecule has 0 saturated carbocycles. The molecule has 0 amide bonds. The standard InChI is InChI=1S/C28H29O7P/c1-19-16-17-23(20(2)27(19)24(29)18-35-26(32)15-9-14-25(30)31)28(33)36(34,21-10-5-3-6-11-21)22-12-7-4-8-13-22/h3-8,10-13,17,19H,9,14-16,18H2,1-2H3,(H,30,31). The highest BCUT2D eigenvalue weighted by Crippen LogP contribution is 2.49. The smallest absolute Gasteiger partial charge is 0.306 e. The van der Waals surface area contributed by atoms with Gasteiger partial charge in [-0.3, -0.25) is 19.2 Å². The van der Waals surface area contributed by atoms with Gasteiger partial charge in [-0.1, -0.05) is 73.7 Å². The quantitative estimate of drug-likeness (QED) is 0.358. The second-order valence-electron chi connectivity index (χ2n) is 8.71. The van der Waals surface area contributed by atoms with Gasteiger partial charge in [-0.2, -0.15) is 0 Å². The zero-order valence-corrected chi connectivity index (χ0v) is 21.2. The maximum absolute atomic E-state index is 14.5. The number of rotatable bonds is 11. The number of carbonyl (C=O) groups is 4. The van der Waals surface area contributed by atoms with Crippen LogP contribution in [0.5, 0.6) is 0 Å². The number of allylic oxidation sites excluding steroid dienone is 3. The predicted molar refractivity (Wildman–Crippen MR) is 137 cm³/mol. The molecule has 7 nitrogen and oxygen atoms in total. The minimum atomic E-state index is -3.74. The fourth-order valence-corrected chi connectivity index (χ4v) is 6.87. The molecule has 0 aromatic heterocycles. The van der Waals surface area contributed by atoms with Crippen molar-refractivity contribution in [1.82, 2.24) is 0 Å². The lowest BCUT2D eigenvalue weighted by atomic mass is 9.83. The van der Waals surface area contributed by atoms with Crippen LogP contribution in [0.4, 0.5) is 0 Å². The van der Waals surface area contributed by atoms with E-state index in [4.69, 9.17) is 9.84 Å². The minimum absolute atomic E-state index is 0.103. The number of ketones is 1. The van der Waals surface area contributed by atoms with Crippen LogP contribution in [0.3, 0.4) is 0 Å². The van der Waals surface area contributed by atoms with Crippen LogP contribution < -0.4 is 10.6 Å². The van der Waals surface area contributed by atoms with Crippen molar-refractivity contribution >= 4 is 41.0 Å². The number of hydrogen-bond donors (Lipinski definition) is 1. The molecule has 2 aromatic rings. The molecule has 8 heteroatoms. The molecule has 2 aromatic carbocycles. The van der Waals surface area contributed by atoms with Crippen LogP contribution in [-0.2, 0) is 28.5 Å². The maximum Gasteiger partial charge on any atom is 0.306 e. The molecule has 1 aliphatic rings. The Balaban J connectivity index is 1.88. The Bertz CT molecular complexity index is 1220. The van der Waals surface area contributed by atoms with Gasteiger partial charge in [0.25, 0.3) is 0 Å². The zero-order chi connectivity index (χ0) is 26.3. The molecule has 36 heavy (non-hydrogen) atoms. The number of carboxylic acid groups (broad SMARTS) is 1. The van der Waals surface area contributed by atoms with E-state index in [2.05, 4.69) is 0 Å². The molecule has 3 rings (SSSR count). The molecule has 0 saturated heterocycles. The van der Waals surface area contributed by atoms with E-state index in [1.54, 1.807) is 73.7 Å². The molecule has 0 spiro atoms. The van der Waals surface area contributed by atoms with Gasteiger partial charge in [0.2, 0.25) is 12.7 Å². The number of Topliss-reactive ketones (excluding diaryl/α,β-unsaturated/α-hetero) is 1. The van der Waals surface area contributed by atoms with Crippen LogP contribution in [0.15, 0.2) is 83.5 Å². The monoisotopic (exact) mass is 508 g/mol. The highest BCUT2D eigenvalue weighted by atomic mass is 31.2. The van der Waals surface area contributed by atoms with Crippen LogP contribution in [-0.4, -0.2) is 35.0 Å². The van der Waals surface area contributed by atoms with Crippen LogP contribution >= 0.6 is 7.14 Å². The lowest BCUT2D eigenvalue weighted by molar-refractivity contribution is -0.147. The summed E-state index contributed by atoms with van der Waals surface area (Å²) in [5.74, 6) is -2.31. The number of hydrogen-bond acceptors (Lipinski definition) is 6. The Morgan fingerprint density at radius 1 is 0.944 bits per heavy atom. The average Bonchev–Trinajstić information content (AvgIpc) is 2.87. The van der Waals surface area contributed by atoms with Crippen LogP contribution in [0.25, 0.3) is 0 Å². The first-order valence-electron chi connectivity index (χ1n) is 11.7. The largest absolute Gasteiger partial charge is 0.481 e. The molecule has 1 aliphatic carbocycles. The first-order valence-corrected chi connectivity index (χ1v) is 13.4. The number of carboxylic acids is 1. The summed E-state index contributed by atoms with van der Waals surface area (Å²) in [5, 5.41) is 9.51. The van der Waals surface area contributed by atoms with Crippen LogP contribution in [0.1, 0.15) is 39.5 Å². The van der Waals surface area contributed by atoms with E-state index in [0.717, 1.165) is 0 Å². The highest BCUT2D eigenvalue weighted by Gasteiger charge is 2.40. The molecule has 0 bridgehead atoms. The highest BCUT2D eigenvalue weighted by molar-refractivity contribution is 7.93. The van der Waals surface area contributed by atoms with Gasteiger partial charge in [-0.05, 0) is 31.3 Å². The Labute approximate surface area is 210 Å². The van der Waals surface area contributed by atoms with Crippen molar-refractivity contribution in [3.05, 3.63) is 83.5 Å². The summed E-state index contributed by atoms with van der Waals surface area (Å²) in [7, 11) is -3.74. The summed E-state index contributed by atoms with van der Waals surface area (Å²) in [4.78, 5) is 49.5. The van der Waals surface area contributed by atoms with E-state index in [-0.39, 0.29) is 30.8 Å². The molecular weight excluding hydrogens is 479 g/mol. The van der Waals surface area contributed by atoms with Gasteiger partial charge in [0.15, 0.2) is 12.4 Å². The lowest BCUT2D eigenvalue weighted by Crippen LogP contribution is -2.27. The topological polar surface area (TPSA) is 115 Å². The van der Waals surface area contributed by atoms with Crippen molar-refractivity contribution in [3.8, 4) is 0 Å². The van der Waals surface area contributed by atoms with Crippen LogP contribution in [0.2, 0.25) is 0 Å². The van der Waals surface area contributed by atoms with E-state index < -0.39 is 37.0 Å². The number of aliphatic carboxylic acids is 1. The molecule has 1 unspecified atom stereocenters. The van der Waals surface area contributed by atoms with Gasteiger partial charge >= 0.3 is 11.9 Å². The average molecular weight is 509 g/mol. The summed E-state index contributed by atoms with van der Waals surface area (Å²) in [5.41, 5.74) is 0.491. The van der Waals surface area contributed by atoms with E-state index >= 15 is 0 Å². The number of esters is 1. The molecule has 1 atom stereocenters. The Kier molecular flexibility index (Phi) is 8.94. The maximum atomic E-state index is 14.5. The van der Waals surface area contributed by atoms with E-state index in [1.807, 2.05) is 6.92 Å². The third kappa shape index (κ3) is 5.97. The fraction of sp³-hybridized carbons (Fsp3) is 0.286. The molecule has 0 aliphatic heterocycles. The van der Waals surface area contributed by atoms with Crippen LogP contribution in [0, 0.1) is 5.92 Å². The Morgan fingerprint density at radius 3 is 2.03 bits per heavy atom. The molecule has 1 N–H and O–H groups in total. The van der Waals surface area contributed by atoms with E-state index in [1.165, 1.54) is 0 Å². The second kappa shape index (κ2) is 11.9. The van der Waals surface area contributed by atoms with Gasteiger partial charge in [-0.25, -0.2) is 0 Å². The van der Waals surface area contributed by atoms with Crippen molar-refractivity contribution in [3.63, 3.8) is 0 Å². The third-order valence-electron chi connectivity index (χ3n) is 6.17. The van der Waals surface area contributed by atoms with Crippen molar-refractivity contribution in [2.45, 2.75) is 39.5 Å². The van der Waals surface area contributed by atoms with E-state index in [9.17, 15) is 23.7 Å². The third-order valence-corrected chi connectivity index (χ3v) is 9.03. The van der Waals surface area contributed by atoms with Crippen molar-refractivity contribution in [2.24, 2.45) is 5.92 Å². The summed E-state index contributed by atoms with van der Waals surface area (Å²) in [6, 6.07) is 17.2. The molecule has 0 fully saturated rings. The molecule has 188 valence electrons. The van der Waals surface area contributed by atoms with Gasteiger partial charge in [0.05, 0.1) is 0 Å². The summed E-state index contributed by atoms with van der Waals surface area (Å²) in [6.07, 6.45) is 1.99. The molecule has 0 heterocycles. The zero-order valence-electron chi connectivity index (χ0n) is 20.3. The van der Waals surface area contributed by atoms with Gasteiger partial charge in [0, 0.05) is 34.6 Å². The number of ether oxygens (including phenoxy) is 1. The van der Waals surface area contributed by atoms with Gasteiger partial charge in [0.1, 0.15) is 0 Å². The van der Waals surface area contributed by atoms with E-state index in [0.29, 0.717) is 28.2 Å². The van der Waals surface area contributed by atoms with Gasteiger partial charge < -0.3 is 14.4 Å². The first-order chi connectivity index (χ1) is 17.2. The summed E-state index contributed by atoms with van der Waals surface area (Å²) >= 11 is 0. The minimum Gasteiger partial charge on any atom is -0.481 e. The SMILES string of the molecule is CC1=C(C(=O)COC(=O)CCCC(=O)O)C(C)CC=C1C(=O)P(=O)(c1ccccc1)c1ccccc1. The molecular formula is C28H29O7P. The number of carbonyl (C=O) groups excluding carboxylic acids is 3. The van der Waals surface area contributed by atoms with Crippen molar-refractivity contribution < 1.29 is 33.6 Å². The first kappa shape index (κ1) is 27.0. The Morgan fingerprint density at radius 2 is 1.50 bits per heavy atom.